The smallest absolute Gasteiger partial charge is 0.141 e. The van der Waals surface area contributed by atoms with Crippen LogP contribution in [0.2, 0.25) is 0 Å². The van der Waals surface area contributed by atoms with Gasteiger partial charge in [0.15, 0.2) is 0 Å². The molecule has 0 spiro atoms. The first kappa shape index (κ1) is 14.2. The molecular weight excluding hydrogens is 243 g/mol. The SMILES string of the molecule is CCN(c1ncc(F)cc1CCl)C(C)COC. The number of ether oxygens (including phenoxy) is 1. The van der Waals surface area contributed by atoms with Crippen molar-refractivity contribution in [1.29, 1.82) is 0 Å². The molecule has 0 aromatic carbocycles. The lowest BCUT2D eigenvalue weighted by Crippen LogP contribution is -2.37. The second-order valence-corrected chi connectivity index (χ2v) is 4.13. The fourth-order valence-corrected chi connectivity index (χ4v) is 2.03. The largest absolute Gasteiger partial charge is 0.383 e. The average molecular weight is 261 g/mol. The van der Waals surface area contributed by atoms with Crippen molar-refractivity contribution < 1.29 is 9.13 Å². The second-order valence-electron chi connectivity index (χ2n) is 3.86. The molecule has 96 valence electrons. The van der Waals surface area contributed by atoms with E-state index in [1.165, 1.54) is 12.3 Å². The number of halogens is 2. The second kappa shape index (κ2) is 6.77. The number of anilines is 1. The summed E-state index contributed by atoms with van der Waals surface area (Å²) in [6, 6.07) is 1.60. The molecule has 0 fully saturated rings. The molecule has 0 bridgehead atoms. The fraction of sp³-hybridized carbons (Fsp3) is 0.583. The van der Waals surface area contributed by atoms with Gasteiger partial charge in [0.05, 0.1) is 24.7 Å². The summed E-state index contributed by atoms with van der Waals surface area (Å²) in [5, 5.41) is 0. The van der Waals surface area contributed by atoms with Crippen LogP contribution in [0.1, 0.15) is 19.4 Å². The van der Waals surface area contributed by atoms with Crippen LogP contribution in [0, 0.1) is 5.82 Å². The highest BCUT2D eigenvalue weighted by atomic mass is 35.5. The summed E-state index contributed by atoms with van der Waals surface area (Å²) >= 11 is 5.82. The Hall–Kier alpha value is -0.870. The van der Waals surface area contributed by atoms with Crippen LogP contribution in [-0.4, -0.2) is 31.3 Å². The van der Waals surface area contributed by atoms with Crippen molar-refractivity contribution in [2.75, 3.05) is 25.2 Å². The van der Waals surface area contributed by atoms with E-state index in [-0.39, 0.29) is 17.7 Å². The molecular formula is C12H18ClFN2O. The summed E-state index contributed by atoms with van der Waals surface area (Å²) in [7, 11) is 1.66. The zero-order valence-electron chi connectivity index (χ0n) is 10.4. The molecule has 3 nitrogen and oxygen atoms in total. The number of rotatable bonds is 6. The van der Waals surface area contributed by atoms with Crippen LogP contribution in [0.15, 0.2) is 12.3 Å². The molecule has 1 rings (SSSR count). The zero-order valence-corrected chi connectivity index (χ0v) is 11.2. The Balaban J connectivity index is 3.02. The van der Waals surface area contributed by atoms with Gasteiger partial charge in [-0.15, -0.1) is 11.6 Å². The van der Waals surface area contributed by atoms with Gasteiger partial charge >= 0.3 is 0 Å². The van der Waals surface area contributed by atoms with Crippen molar-refractivity contribution in [3.63, 3.8) is 0 Å². The predicted molar refractivity (Wildman–Crippen MR) is 68.1 cm³/mol. The maximum atomic E-state index is 13.1. The Bertz CT molecular complexity index is 362. The van der Waals surface area contributed by atoms with E-state index in [1.807, 2.05) is 13.8 Å². The third-order valence-corrected chi connectivity index (χ3v) is 2.89. The van der Waals surface area contributed by atoms with Gasteiger partial charge in [-0.2, -0.15) is 0 Å². The van der Waals surface area contributed by atoms with Gasteiger partial charge in [-0.3, -0.25) is 0 Å². The van der Waals surface area contributed by atoms with Crippen LogP contribution in [0.5, 0.6) is 0 Å². The number of alkyl halides is 1. The minimum Gasteiger partial charge on any atom is -0.383 e. The molecule has 1 unspecified atom stereocenters. The zero-order chi connectivity index (χ0) is 12.8. The quantitative estimate of drug-likeness (QED) is 0.736. The molecule has 1 heterocycles. The number of hydrogen-bond acceptors (Lipinski definition) is 3. The molecule has 1 aromatic rings. The molecule has 1 aromatic heterocycles. The lowest BCUT2D eigenvalue weighted by Gasteiger charge is -2.30. The van der Waals surface area contributed by atoms with Crippen molar-refractivity contribution in [3.8, 4) is 0 Å². The first-order chi connectivity index (χ1) is 8.13. The van der Waals surface area contributed by atoms with Gasteiger partial charge < -0.3 is 9.64 Å². The minimum absolute atomic E-state index is 0.171. The lowest BCUT2D eigenvalue weighted by atomic mass is 10.2. The standard InChI is InChI=1S/C12H18ClFN2O/c1-4-16(9(2)8-17-3)12-10(6-13)5-11(14)7-15-12/h5,7,9H,4,6,8H2,1-3H3. The lowest BCUT2D eigenvalue weighted by molar-refractivity contribution is 0.181. The van der Waals surface area contributed by atoms with Gasteiger partial charge in [0.1, 0.15) is 11.6 Å². The van der Waals surface area contributed by atoms with Crippen molar-refractivity contribution in [2.45, 2.75) is 25.8 Å². The molecule has 0 N–H and O–H groups in total. The molecule has 17 heavy (non-hydrogen) atoms. The van der Waals surface area contributed by atoms with E-state index in [2.05, 4.69) is 9.88 Å². The Morgan fingerprint density at radius 2 is 2.29 bits per heavy atom. The number of methoxy groups -OCH3 is 1. The van der Waals surface area contributed by atoms with Crippen molar-refractivity contribution in [3.05, 3.63) is 23.6 Å². The van der Waals surface area contributed by atoms with Crippen LogP contribution >= 0.6 is 11.6 Å². The summed E-state index contributed by atoms with van der Waals surface area (Å²) in [5.41, 5.74) is 0.705. The highest BCUT2D eigenvalue weighted by Crippen LogP contribution is 2.22. The molecule has 0 aliphatic rings. The van der Waals surface area contributed by atoms with Crippen molar-refractivity contribution in [2.24, 2.45) is 0 Å². The van der Waals surface area contributed by atoms with Crippen molar-refractivity contribution >= 4 is 17.4 Å². The van der Waals surface area contributed by atoms with Gasteiger partial charge in [-0.05, 0) is 19.9 Å². The van der Waals surface area contributed by atoms with E-state index < -0.39 is 0 Å². The Kier molecular flexibility index (Phi) is 5.65. The van der Waals surface area contributed by atoms with Gasteiger partial charge in [0, 0.05) is 19.2 Å². The van der Waals surface area contributed by atoms with Gasteiger partial charge in [0.2, 0.25) is 0 Å². The Labute approximate surface area is 107 Å². The topological polar surface area (TPSA) is 25.4 Å². The van der Waals surface area contributed by atoms with E-state index in [1.54, 1.807) is 7.11 Å². The molecule has 0 aliphatic carbocycles. The first-order valence-electron chi connectivity index (χ1n) is 5.60. The molecule has 0 amide bonds. The van der Waals surface area contributed by atoms with E-state index in [9.17, 15) is 4.39 Å². The van der Waals surface area contributed by atoms with Crippen molar-refractivity contribution in [1.82, 2.24) is 4.98 Å². The summed E-state index contributed by atoms with van der Waals surface area (Å²) in [4.78, 5) is 6.19. The van der Waals surface area contributed by atoms with Gasteiger partial charge in [-0.1, -0.05) is 0 Å². The molecule has 0 aliphatic heterocycles. The summed E-state index contributed by atoms with van der Waals surface area (Å²) in [6.45, 7) is 5.42. The van der Waals surface area contributed by atoms with E-state index in [0.29, 0.717) is 12.2 Å². The van der Waals surface area contributed by atoms with Crippen LogP contribution in [0.3, 0.4) is 0 Å². The number of nitrogens with zero attached hydrogens (tertiary/aromatic N) is 2. The highest BCUT2D eigenvalue weighted by molar-refractivity contribution is 6.17. The maximum Gasteiger partial charge on any atom is 0.141 e. The number of aromatic nitrogens is 1. The van der Waals surface area contributed by atoms with Crippen LogP contribution in [0.4, 0.5) is 10.2 Å². The van der Waals surface area contributed by atoms with Gasteiger partial charge in [0.25, 0.3) is 0 Å². The third kappa shape index (κ3) is 3.54. The highest BCUT2D eigenvalue weighted by Gasteiger charge is 2.17. The monoisotopic (exact) mass is 260 g/mol. The number of likely N-dealkylation sites (N-methyl/N-ethyl adjacent to an activating group) is 1. The summed E-state index contributed by atoms with van der Waals surface area (Å²) in [5.74, 6) is 0.615. The van der Waals surface area contributed by atoms with E-state index in [4.69, 9.17) is 16.3 Å². The summed E-state index contributed by atoms with van der Waals surface area (Å²) < 4.78 is 18.2. The van der Waals surface area contributed by atoms with Crippen LogP contribution < -0.4 is 4.90 Å². The fourth-order valence-electron chi connectivity index (χ4n) is 1.83. The molecule has 5 heteroatoms. The molecule has 1 atom stereocenters. The maximum absolute atomic E-state index is 13.1. The van der Waals surface area contributed by atoms with Crippen LogP contribution in [-0.2, 0) is 10.6 Å². The first-order valence-corrected chi connectivity index (χ1v) is 6.13. The number of pyridine rings is 1. The van der Waals surface area contributed by atoms with Gasteiger partial charge in [-0.25, -0.2) is 9.37 Å². The predicted octanol–water partition coefficient (Wildman–Crippen LogP) is 2.82. The Morgan fingerprint density at radius 3 is 2.82 bits per heavy atom. The molecule has 0 saturated heterocycles. The molecule has 0 radical (unpaired) electrons. The van der Waals surface area contributed by atoms with E-state index >= 15 is 0 Å². The van der Waals surface area contributed by atoms with Crippen LogP contribution in [0.25, 0.3) is 0 Å². The minimum atomic E-state index is -0.361. The molecule has 0 saturated carbocycles. The number of hydrogen-bond donors (Lipinski definition) is 0. The third-order valence-electron chi connectivity index (χ3n) is 2.61. The average Bonchev–Trinajstić information content (AvgIpc) is 2.32. The Morgan fingerprint density at radius 1 is 1.59 bits per heavy atom. The summed E-state index contributed by atoms with van der Waals surface area (Å²) in [6.07, 6.45) is 1.22. The normalized spacial score (nSPS) is 12.5. The van der Waals surface area contributed by atoms with E-state index in [0.717, 1.165) is 12.4 Å².